The van der Waals surface area contributed by atoms with Crippen LogP contribution < -0.4 is 16.0 Å². The van der Waals surface area contributed by atoms with Crippen LogP contribution in [0.25, 0.3) is 0 Å². The molecule has 4 rings (SSSR count). The number of aromatic nitrogens is 4. The van der Waals surface area contributed by atoms with E-state index < -0.39 is 0 Å². The van der Waals surface area contributed by atoms with Gasteiger partial charge in [-0.05, 0) is 42.8 Å². The van der Waals surface area contributed by atoms with E-state index in [1.54, 1.807) is 24.7 Å². The van der Waals surface area contributed by atoms with Gasteiger partial charge < -0.3 is 20.5 Å². The van der Waals surface area contributed by atoms with Gasteiger partial charge in [0.05, 0.1) is 12.5 Å². The highest BCUT2D eigenvalue weighted by molar-refractivity contribution is 6.32. The molecular formula is C23H22ClN7O. The third-order valence-electron chi connectivity index (χ3n) is 4.62. The summed E-state index contributed by atoms with van der Waals surface area (Å²) in [6, 6.07) is 16.8. The van der Waals surface area contributed by atoms with Gasteiger partial charge in [-0.2, -0.15) is 4.98 Å². The highest BCUT2D eigenvalue weighted by atomic mass is 35.5. The second-order valence-electron chi connectivity index (χ2n) is 6.99. The molecule has 2 aromatic carbocycles. The highest BCUT2D eigenvalue weighted by Crippen LogP contribution is 2.24. The zero-order valence-corrected chi connectivity index (χ0v) is 18.0. The molecule has 0 spiro atoms. The van der Waals surface area contributed by atoms with Crippen molar-refractivity contribution in [2.75, 3.05) is 17.2 Å². The number of carbonyl (C=O) groups is 1. The van der Waals surface area contributed by atoms with Crippen molar-refractivity contribution < 1.29 is 4.79 Å². The molecule has 8 nitrogen and oxygen atoms in total. The minimum atomic E-state index is -0.112. The first-order chi connectivity index (χ1) is 15.7. The van der Waals surface area contributed by atoms with E-state index in [2.05, 4.69) is 30.9 Å². The Morgan fingerprint density at radius 2 is 1.78 bits per heavy atom. The van der Waals surface area contributed by atoms with Crippen molar-refractivity contribution in [2.45, 2.75) is 13.0 Å². The number of benzene rings is 2. The topological polar surface area (TPSA) is 96.8 Å². The molecule has 1 amide bonds. The molecule has 32 heavy (non-hydrogen) atoms. The summed E-state index contributed by atoms with van der Waals surface area (Å²) < 4.78 is 1.98. The number of para-hydroxylation sites is 1. The lowest BCUT2D eigenvalue weighted by molar-refractivity contribution is 0.0953. The Morgan fingerprint density at radius 3 is 2.53 bits per heavy atom. The second-order valence-corrected chi connectivity index (χ2v) is 7.40. The summed E-state index contributed by atoms with van der Waals surface area (Å²) in [5.41, 5.74) is 2.22. The Labute approximate surface area is 190 Å². The number of amides is 1. The minimum Gasteiger partial charge on any atom is -0.352 e. The fraction of sp³-hybridized carbons (Fsp3) is 0.130. The van der Waals surface area contributed by atoms with Gasteiger partial charge in [0.2, 0.25) is 5.95 Å². The first-order valence-electron chi connectivity index (χ1n) is 10.1. The highest BCUT2D eigenvalue weighted by Gasteiger charge is 2.08. The number of carbonyl (C=O) groups excluding carboxylic acids is 1. The summed E-state index contributed by atoms with van der Waals surface area (Å²) in [4.78, 5) is 25.0. The van der Waals surface area contributed by atoms with Crippen molar-refractivity contribution >= 4 is 40.6 Å². The standard InChI is InChI=1S/C23H22ClN7O/c24-20-15-27-23(30-21(20)28-18-5-2-1-3-6-18)29-19-9-7-17(8-10-19)22(32)26-11-4-13-31-14-12-25-16-31/h1-3,5-10,12,14-16H,4,11,13H2,(H,26,32)(H2,27,28,29,30). The number of halogens is 1. The lowest BCUT2D eigenvalue weighted by atomic mass is 10.2. The molecule has 2 heterocycles. The number of anilines is 4. The molecule has 9 heteroatoms. The number of imidazole rings is 1. The molecule has 0 aliphatic carbocycles. The van der Waals surface area contributed by atoms with Crippen LogP contribution in [0.3, 0.4) is 0 Å². The molecule has 0 aliphatic heterocycles. The fourth-order valence-corrected chi connectivity index (χ4v) is 3.13. The van der Waals surface area contributed by atoms with E-state index in [9.17, 15) is 4.79 Å². The molecule has 0 atom stereocenters. The van der Waals surface area contributed by atoms with Crippen molar-refractivity contribution in [2.24, 2.45) is 0 Å². The molecule has 0 saturated heterocycles. The first kappa shape index (κ1) is 21.3. The Balaban J connectivity index is 1.32. The predicted molar refractivity (Wildman–Crippen MR) is 126 cm³/mol. The molecule has 2 aromatic heterocycles. The molecule has 162 valence electrons. The Morgan fingerprint density at radius 1 is 1.00 bits per heavy atom. The zero-order valence-electron chi connectivity index (χ0n) is 17.2. The van der Waals surface area contributed by atoms with Crippen LogP contribution in [-0.2, 0) is 6.54 Å². The maximum absolute atomic E-state index is 12.3. The fourth-order valence-electron chi connectivity index (χ4n) is 2.99. The molecule has 0 saturated carbocycles. The predicted octanol–water partition coefficient (Wildman–Crippen LogP) is 4.63. The Bertz CT molecular complexity index is 1150. The molecule has 0 unspecified atom stereocenters. The van der Waals surface area contributed by atoms with Crippen LogP contribution in [0.5, 0.6) is 0 Å². The van der Waals surface area contributed by atoms with Crippen molar-refractivity contribution in [3.63, 3.8) is 0 Å². The van der Waals surface area contributed by atoms with Gasteiger partial charge in [0.15, 0.2) is 5.82 Å². The third kappa shape index (κ3) is 5.83. The van der Waals surface area contributed by atoms with Gasteiger partial charge in [0.1, 0.15) is 5.02 Å². The second kappa shape index (κ2) is 10.4. The first-order valence-corrected chi connectivity index (χ1v) is 10.5. The summed E-state index contributed by atoms with van der Waals surface area (Å²) in [5.74, 6) is 0.783. The van der Waals surface area contributed by atoms with Crippen LogP contribution >= 0.6 is 11.6 Å². The number of rotatable bonds is 9. The lowest BCUT2D eigenvalue weighted by Gasteiger charge is -2.10. The van der Waals surface area contributed by atoms with Crippen LogP contribution in [-0.4, -0.2) is 32.0 Å². The van der Waals surface area contributed by atoms with E-state index in [1.807, 2.05) is 53.2 Å². The van der Waals surface area contributed by atoms with Gasteiger partial charge in [0.25, 0.3) is 5.91 Å². The lowest BCUT2D eigenvalue weighted by Crippen LogP contribution is -2.25. The molecule has 0 radical (unpaired) electrons. The number of nitrogens with zero attached hydrogens (tertiary/aromatic N) is 4. The normalized spacial score (nSPS) is 10.5. The van der Waals surface area contributed by atoms with E-state index in [4.69, 9.17) is 11.6 Å². The molecule has 0 bridgehead atoms. The molecule has 0 fully saturated rings. The van der Waals surface area contributed by atoms with Crippen molar-refractivity contribution in [1.29, 1.82) is 0 Å². The minimum absolute atomic E-state index is 0.112. The Kier molecular flexibility index (Phi) is 6.94. The van der Waals surface area contributed by atoms with Crippen LogP contribution in [0.4, 0.5) is 23.1 Å². The van der Waals surface area contributed by atoms with Crippen LogP contribution in [0, 0.1) is 0 Å². The average Bonchev–Trinajstić information content (AvgIpc) is 3.34. The van der Waals surface area contributed by atoms with Gasteiger partial charge in [-0.15, -0.1) is 0 Å². The SMILES string of the molecule is O=C(NCCCn1ccnc1)c1ccc(Nc2ncc(Cl)c(Nc3ccccc3)n2)cc1. The summed E-state index contributed by atoms with van der Waals surface area (Å²) in [5, 5.41) is 9.65. The van der Waals surface area contributed by atoms with Crippen molar-refractivity contribution in [3.8, 4) is 0 Å². The van der Waals surface area contributed by atoms with E-state index in [-0.39, 0.29) is 5.91 Å². The summed E-state index contributed by atoms with van der Waals surface area (Å²) >= 11 is 6.22. The average molecular weight is 448 g/mol. The largest absolute Gasteiger partial charge is 0.352 e. The van der Waals surface area contributed by atoms with Crippen molar-refractivity contribution in [1.82, 2.24) is 24.8 Å². The quantitative estimate of drug-likeness (QED) is 0.323. The van der Waals surface area contributed by atoms with Gasteiger partial charge in [0, 0.05) is 42.4 Å². The van der Waals surface area contributed by atoms with E-state index in [0.29, 0.717) is 28.9 Å². The number of nitrogens with one attached hydrogen (secondary N) is 3. The number of hydrogen-bond donors (Lipinski definition) is 3. The maximum atomic E-state index is 12.3. The summed E-state index contributed by atoms with van der Waals surface area (Å²) in [6.07, 6.45) is 7.77. The van der Waals surface area contributed by atoms with Crippen LogP contribution in [0.1, 0.15) is 16.8 Å². The molecule has 0 aliphatic rings. The van der Waals surface area contributed by atoms with E-state index >= 15 is 0 Å². The van der Waals surface area contributed by atoms with E-state index in [0.717, 1.165) is 24.3 Å². The summed E-state index contributed by atoms with van der Waals surface area (Å²) in [6.45, 7) is 1.40. The van der Waals surface area contributed by atoms with Crippen LogP contribution in [0.15, 0.2) is 79.5 Å². The van der Waals surface area contributed by atoms with Crippen LogP contribution in [0.2, 0.25) is 5.02 Å². The van der Waals surface area contributed by atoms with Gasteiger partial charge in [-0.3, -0.25) is 4.79 Å². The van der Waals surface area contributed by atoms with Crippen molar-refractivity contribution in [3.05, 3.63) is 90.1 Å². The van der Waals surface area contributed by atoms with Gasteiger partial charge in [-0.1, -0.05) is 29.8 Å². The van der Waals surface area contributed by atoms with Gasteiger partial charge >= 0.3 is 0 Å². The molecule has 3 N–H and O–H groups in total. The molecular weight excluding hydrogens is 426 g/mol. The van der Waals surface area contributed by atoms with Gasteiger partial charge in [-0.25, -0.2) is 9.97 Å². The maximum Gasteiger partial charge on any atom is 0.251 e. The Hall–Kier alpha value is -3.91. The monoisotopic (exact) mass is 447 g/mol. The smallest absolute Gasteiger partial charge is 0.251 e. The third-order valence-corrected chi connectivity index (χ3v) is 4.90. The number of hydrogen-bond acceptors (Lipinski definition) is 6. The summed E-state index contributed by atoms with van der Waals surface area (Å²) in [7, 11) is 0. The number of aryl methyl sites for hydroxylation is 1. The molecule has 4 aromatic rings. The van der Waals surface area contributed by atoms with E-state index in [1.165, 1.54) is 6.20 Å². The zero-order chi connectivity index (χ0) is 22.2.